The van der Waals surface area contributed by atoms with Crippen molar-refractivity contribution in [3.63, 3.8) is 0 Å². The molecule has 0 aliphatic rings. The zero-order valence-corrected chi connectivity index (χ0v) is 30.3. The number of rotatable bonds is 17. The SMILES string of the molecule is CCOC(=O)C(CC(C)C)n1cccc(CCN)c1=O.CCOC(=O)C(CC(C)C)n1cccc(CCNC(=O)OCc2ccccc2)c1=O. The van der Waals surface area contributed by atoms with Crippen LogP contribution in [0.5, 0.6) is 0 Å². The normalized spacial score (nSPS) is 12.0. The molecule has 0 aliphatic heterocycles. The highest BCUT2D eigenvalue weighted by Crippen LogP contribution is 2.19. The second-order valence-corrected chi connectivity index (χ2v) is 12.6. The molecule has 3 rings (SSSR count). The second kappa shape index (κ2) is 22.1. The summed E-state index contributed by atoms with van der Waals surface area (Å²) in [5.41, 5.74) is 7.14. The maximum absolute atomic E-state index is 12.9. The number of carbonyl (C=O) groups excluding carboxylic acids is 3. The Morgan fingerprint density at radius 1 is 0.700 bits per heavy atom. The largest absolute Gasteiger partial charge is 0.464 e. The van der Waals surface area contributed by atoms with E-state index in [0.29, 0.717) is 50.0 Å². The molecular weight excluding hydrogens is 640 g/mol. The van der Waals surface area contributed by atoms with Gasteiger partial charge in [-0.3, -0.25) is 9.59 Å². The average molecular weight is 695 g/mol. The summed E-state index contributed by atoms with van der Waals surface area (Å²) in [6.45, 7) is 12.9. The van der Waals surface area contributed by atoms with Gasteiger partial charge in [0.1, 0.15) is 18.7 Å². The fourth-order valence-electron chi connectivity index (χ4n) is 5.23. The molecule has 274 valence electrons. The molecule has 0 radical (unpaired) electrons. The number of nitrogens with one attached hydrogen (secondary N) is 1. The van der Waals surface area contributed by atoms with Crippen molar-refractivity contribution < 1.29 is 28.6 Å². The predicted molar refractivity (Wildman–Crippen MR) is 193 cm³/mol. The predicted octanol–water partition coefficient (Wildman–Crippen LogP) is 4.97. The Morgan fingerprint density at radius 2 is 1.18 bits per heavy atom. The van der Waals surface area contributed by atoms with Crippen LogP contribution >= 0.6 is 0 Å². The molecule has 12 heteroatoms. The van der Waals surface area contributed by atoms with Crippen molar-refractivity contribution in [3.8, 4) is 0 Å². The summed E-state index contributed by atoms with van der Waals surface area (Å²) in [6.07, 6.45) is 4.63. The molecule has 2 unspecified atom stereocenters. The lowest BCUT2D eigenvalue weighted by molar-refractivity contribution is -0.148. The zero-order valence-electron chi connectivity index (χ0n) is 30.3. The molecule has 12 nitrogen and oxygen atoms in total. The van der Waals surface area contributed by atoms with Gasteiger partial charge in [-0.25, -0.2) is 14.4 Å². The molecule has 0 spiro atoms. The monoisotopic (exact) mass is 694 g/mol. The lowest BCUT2D eigenvalue weighted by Gasteiger charge is -2.20. The first kappa shape index (κ1) is 41.5. The molecule has 3 aromatic rings. The van der Waals surface area contributed by atoms with Crippen molar-refractivity contribution in [1.82, 2.24) is 14.5 Å². The van der Waals surface area contributed by atoms with Crippen molar-refractivity contribution in [2.24, 2.45) is 17.6 Å². The van der Waals surface area contributed by atoms with Crippen LogP contribution in [0.15, 0.2) is 76.6 Å². The van der Waals surface area contributed by atoms with Gasteiger partial charge in [-0.05, 0) is 75.6 Å². The second-order valence-electron chi connectivity index (χ2n) is 12.6. The number of benzene rings is 1. The summed E-state index contributed by atoms with van der Waals surface area (Å²) < 4.78 is 18.3. The van der Waals surface area contributed by atoms with Gasteiger partial charge < -0.3 is 34.4 Å². The van der Waals surface area contributed by atoms with Gasteiger partial charge in [0.25, 0.3) is 11.1 Å². The summed E-state index contributed by atoms with van der Waals surface area (Å²) in [5, 5.41) is 2.65. The van der Waals surface area contributed by atoms with E-state index in [2.05, 4.69) is 5.32 Å². The third-order valence-corrected chi connectivity index (χ3v) is 7.57. The molecule has 2 heterocycles. The lowest BCUT2D eigenvalue weighted by Crippen LogP contribution is -2.34. The Kier molecular flexibility index (Phi) is 18.3. The van der Waals surface area contributed by atoms with E-state index < -0.39 is 24.1 Å². The van der Waals surface area contributed by atoms with Crippen LogP contribution < -0.4 is 22.2 Å². The van der Waals surface area contributed by atoms with Crippen molar-refractivity contribution in [2.45, 2.75) is 85.9 Å². The number of pyridine rings is 2. The van der Waals surface area contributed by atoms with E-state index in [1.807, 2.05) is 58.0 Å². The van der Waals surface area contributed by atoms with Gasteiger partial charge in [-0.2, -0.15) is 0 Å². The van der Waals surface area contributed by atoms with Gasteiger partial charge in [0, 0.05) is 30.1 Å². The topological polar surface area (TPSA) is 161 Å². The van der Waals surface area contributed by atoms with Gasteiger partial charge in [-0.1, -0.05) is 70.2 Å². The summed E-state index contributed by atoms with van der Waals surface area (Å²) >= 11 is 0. The van der Waals surface area contributed by atoms with Gasteiger partial charge in [0.2, 0.25) is 0 Å². The number of nitrogens with zero attached hydrogens (tertiary/aromatic N) is 2. The first-order chi connectivity index (χ1) is 23.9. The first-order valence-electron chi connectivity index (χ1n) is 17.3. The molecule has 2 atom stereocenters. The van der Waals surface area contributed by atoms with Gasteiger partial charge in [0.15, 0.2) is 0 Å². The highest BCUT2D eigenvalue weighted by atomic mass is 16.5. The molecular formula is C38H54N4O8. The van der Waals surface area contributed by atoms with Crippen LogP contribution in [0.3, 0.4) is 0 Å². The molecule has 1 amide bonds. The van der Waals surface area contributed by atoms with Crippen LogP contribution in [0.2, 0.25) is 0 Å². The van der Waals surface area contributed by atoms with Crippen molar-refractivity contribution >= 4 is 18.0 Å². The number of hydrogen-bond acceptors (Lipinski definition) is 9. The molecule has 3 N–H and O–H groups in total. The number of ether oxygens (including phenoxy) is 3. The highest BCUT2D eigenvalue weighted by Gasteiger charge is 2.25. The fraction of sp³-hybridized carbons (Fsp3) is 0.500. The molecule has 0 bridgehead atoms. The van der Waals surface area contributed by atoms with Crippen LogP contribution in [0.25, 0.3) is 0 Å². The van der Waals surface area contributed by atoms with Gasteiger partial charge in [0.05, 0.1) is 13.2 Å². The van der Waals surface area contributed by atoms with Crippen LogP contribution in [0, 0.1) is 11.8 Å². The number of alkyl carbamates (subject to hydrolysis) is 1. The Labute approximate surface area is 294 Å². The van der Waals surface area contributed by atoms with Gasteiger partial charge >= 0.3 is 18.0 Å². The van der Waals surface area contributed by atoms with Crippen LogP contribution in [0.1, 0.15) is 83.2 Å². The maximum Gasteiger partial charge on any atom is 0.407 e. The number of carbonyl (C=O) groups is 3. The van der Waals surface area contributed by atoms with E-state index in [1.54, 1.807) is 50.5 Å². The third kappa shape index (κ3) is 13.7. The van der Waals surface area contributed by atoms with Crippen LogP contribution in [-0.2, 0) is 43.2 Å². The number of amides is 1. The van der Waals surface area contributed by atoms with Crippen LogP contribution in [0.4, 0.5) is 4.79 Å². The molecule has 0 aliphatic carbocycles. The number of nitrogens with two attached hydrogens (primary N) is 1. The standard InChI is InChI=1S/C23H30N2O5.C15H24N2O3/c1-4-29-22(27)20(15-17(2)3)25-14-8-11-19(21(25)26)12-13-24-23(28)30-16-18-9-6-5-7-10-18;1-4-20-15(19)13(10-11(2)3)17-9-5-6-12(7-8-16)14(17)18/h5-11,14,17,20H,4,12-13,15-16H2,1-3H3,(H,24,28);5-6,9,11,13H,4,7-8,10,16H2,1-3H3. The Bertz CT molecular complexity index is 1600. The minimum atomic E-state index is -0.666. The van der Waals surface area contributed by atoms with E-state index in [1.165, 1.54) is 9.13 Å². The molecule has 2 aromatic heterocycles. The fourth-order valence-corrected chi connectivity index (χ4v) is 5.23. The number of hydrogen-bond donors (Lipinski definition) is 2. The molecule has 0 fully saturated rings. The maximum atomic E-state index is 12.9. The summed E-state index contributed by atoms with van der Waals surface area (Å²) in [6, 6.07) is 15.1. The Balaban J connectivity index is 0.000000377. The summed E-state index contributed by atoms with van der Waals surface area (Å²) in [4.78, 5) is 61.6. The quantitative estimate of drug-likeness (QED) is 0.147. The Hall–Kier alpha value is -4.71. The highest BCUT2D eigenvalue weighted by molar-refractivity contribution is 5.74. The molecule has 50 heavy (non-hydrogen) atoms. The Morgan fingerprint density at radius 3 is 1.62 bits per heavy atom. The van der Waals surface area contributed by atoms with E-state index in [4.69, 9.17) is 19.9 Å². The minimum Gasteiger partial charge on any atom is -0.464 e. The number of aromatic nitrogens is 2. The number of esters is 2. The smallest absolute Gasteiger partial charge is 0.407 e. The van der Waals surface area contributed by atoms with E-state index in [-0.39, 0.29) is 48.7 Å². The average Bonchev–Trinajstić information content (AvgIpc) is 3.08. The van der Waals surface area contributed by atoms with Crippen molar-refractivity contribution in [1.29, 1.82) is 0 Å². The molecule has 1 aromatic carbocycles. The molecule has 0 saturated carbocycles. The van der Waals surface area contributed by atoms with E-state index in [9.17, 15) is 24.0 Å². The summed E-state index contributed by atoms with van der Waals surface area (Å²) in [5.74, 6) is -0.258. The van der Waals surface area contributed by atoms with E-state index in [0.717, 1.165) is 5.56 Å². The van der Waals surface area contributed by atoms with Crippen LogP contribution in [-0.4, -0.2) is 53.5 Å². The van der Waals surface area contributed by atoms with Gasteiger partial charge in [-0.15, -0.1) is 0 Å². The third-order valence-electron chi connectivity index (χ3n) is 7.57. The summed E-state index contributed by atoms with van der Waals surface area (Å²) in [7, 11) is 0. The minimum absolute atomic E-state index is 0.156. The van der Waals surface area contributed by atoms with Crippen molar-refractivity contribution in [3.05, 3.63) is 104 Å². The van der Waals surface area contributed by atoms with E-state index >= 15 is 0 Å². The first-order valence-corrected chi connectivity index (χ1v) is 17.3. The zero-order chi connectivity index (χ0) is 37.1. The van der Waals surface area contributed by atoms with Crippen molar-refractivity contribution in [2.75, 3.05) is 26.3 Å². The molecule has 0 saturated heterocycles. The lowest BCUT2D eigenvalue weighted by atomic mass is 10.0.